The molecule has 5 rings (SSSR count). The number of anilines is 1. The van der Waals surface area contributed by atoms with Gasteiger partial charge in [0, 0.05) is 37.4 Å². The highest BCUT2D eigenvalue weighted by Gasteiger charge is 2.28. The summed E-state index contributed by atoms with van der Waals surface area (Å²) in [5.41, 5.74) is 5.06. The lowest BCUT2D eigenvalue weighted by atomic mass is 10.1. The minimum absolute atomic E-state index is 0.0362. The van der Waals surface area contributed by atoms with Crippen molar-refractivity contribution in [1.29, 1.82) is 0 Å². The number of aromatic nitrogens is 1. The van der Waals surface area contributed by atoms with E-state index in [2.05, 4.69) is 16.0 Å². The van der Waals surface area contributed by atoms with Crippen LogP contribution in [0.2, 0.25) is 0 Å². The fourth-order valence-corrected chi connectivity index (χ4v) is 3.82. The molecule has 138 valence electrons. The maximum atomic E-state index is 12.8. The van der Waals surface area contributed by atoms with Crippen molar-refractivity contribution in [1.82, 2.24) is 9.88 Å². The van der Waals surface area contributed by atoms with Crippen LogP contribution in [0.25, 0.3) is 11.1 Å². The minimum Gasteiger partial charge on any atom is -0.408 e. The first-order chi connectivity index (χ1) is 13.2. The Labute approximate surface area is 155 Å². The third-order valence-electron chi connectivity index (χ3n) is 5.20. The molecule has 0 saturated carbocycles. The second kappa shape index (κ2) is 6.28. The van der Waals surface area contributed by atoms with Gasteiger partial charge in [-0.1, -0.05) is 6.07 Å². The number of oxazole rings is 1. The predicted octanol–water partition coefficient (Wildman–Crippen LogP) is 2.11. The Morgan fingerprint density at radius 3 is 2.74 bits per heavy atom. The number of amides is 1. The third-order valence-corrected chi connectivity index (χ3v) is 5.20. The van der Waals surface area contributed by atoms with E-state index in [1.807, 2.05) is 29.2 Å². The van der Waals surface area contributed by atoms with Crippen molar-refractivity contribution in [3.05, 3.63) is 63.6 Å². The first-order valence-electron chi connectivity index (χ1n) is 9.04. The molecule has 7 heteroatoms. The van der Waals surface area contributed by atoms with E-state index in [9.17, 15) is 9.59 Å². The molecule has 1 saturated heterocycles. The van der Waals surface area contributed by atoms with Crippen LogP contribution in [0, 0.1) is 0 Å². The number of rotatable bonds is 3. The van der Waals surface area contributed by atoms with E-state index in [1.54, 1.807) is 6.07 Å². The van der Waals surface area contributed by atoms with Gasteiger partial charge in [-0.05, 0) is 41.5 Å². The van der Waals surface area contributed by atoms with Crippen molar-refractivity contribution in [2.24, 2.45) is 0 Å². The molecule has 1 aromatic heterocycles. The van der Waals surface area contributed by atoms with Gasteiger partial charge >= 0.3 is 5.76 Å². The Morgan fingerprint density at radius 2 is 1.89 bits per heavy atom. The lowest BCUT2D eigenvalue weighted by Crippen LogP contribution is -2.36. The van der Waals surface area contributed by atoms with Crippen LogP contribution in [0.4, 0.5) is 5.69 Å². The van der Waals surface area contributed by atoms with Crippen LogP contribution in [-0.2, 0) is 17.8 Å². The largest absolute Gasteiger partial charge is 0.417 e. The average Bonchev–Trinajstić information content (AvgIpc) is 3.21. The number of nitrogens with zero attached hydrogens (tertiary/aromatic N) is 2. The first kappa shape index (κ1) is 16.1. The molecule has 0 unspecified atom stereocenters. The molecule has 0 atom stereocenters. The van der Waals surface area contributed by atoms with Crippen LogP contribution in [-0.4, -0.2) is 42.1 Å². The lowest BCUT2D eigenvalue weighted by molar-refractivity contribution is 0.0766. The van der Waals surface area contributed by atoms with Crippen molar-refractivity contribution in [2.75, 3.05) is 31.2 Å². The highest BCUT2D eigenvalue weighted by atomic mass is 16.5. The Bertz CT molecular complexity index is 1080. The van der Waals surface area contributed by atoms with Gasteiger partial charge in [-0.3, -0.25) is 9.78 Å². The number of hydrogen-bond donors (Lipinski definition) is 1. The second-order valence-electron chi connectivity index (χ2n) is 6.95. The number of hydrogen-bond acceptors (Lipinski definition) is 5. The van der Waals surface area contributed by atoms with Gasteiger partial charge < -0.3 is 19.0 Å². The molecular formula is C20H19N3O4. The van der Waals surface area contributed by atoms with Gasteiger partial charge in [0.05, 0.1) is 18.7 Å². The van der Waals surface area contributed by atoms with Gasteiger partial charge in [0.2, 0.25) is 0 Å². The van der Waals surface area contributed by atoms with E-state index in [1.165, 1.54) is 0 Å². The Kier molecular flexibility index (Phi) is 3.75. The standard InChI is InChI=1S/C20H19N3O4/c24-19-16-3-2-15(22-5-7-26-8-6-22)10-14(16)12-23(19)11-13-1-4-17-18(9-13)27-20(25)21-17/h1-4,9-10H,5-8,11-12H2,(H,21,25). The van der Waals surface area contributed by atoms with Crippen LogP contribution in [0.5, 0.6) is 0 Å². The number of aromatic amines is 1. The van der Waals surface area contributed by atoms with Crippen LogP contribution >= 0.6 is 0 Å². The van der Waals surface area contributed by atoms with E-state index >= 15 is 0 Å². The van der Waals surface area contributed by atoms with Crippen molar-refractivity contribution in [3.8, 4) is 0 Å². The van der Waals surface area contributed by atoms with Crippen molar-refractivity contribution in [3.63, 3.8) is 0 Å². The quantitative estimate of drug-likeness (QED) is 0.769. The maximum absolute atomic E-state index is 12.8. The highest BCUT2D eigenvalue weighted by Crippen LogP contribution is 2.29. The van der Waals surface area contributed by atoms with Crippen molar-refractivity contribution < 1.29 is 13.9 Å². The summed E-state index contributed by atoms with van der Waals surface area (Å²) in [5, 5.41) is 0. The summed E-state index contributed by atoms with van der Waals surface area (Å²) < 4.78 is 10.5. The van der Waals surface area contributed by atoms with E-state index in [4.69, 9.17) is 9.15 Å². The van der Waals surface area contributed by atoms with E-state index < -0.39 is 5.76 Å². The van der Waals surface area contributed by atoms with Crippen LogP contribution in [0.1, 0.15) is 21.5 Å². The molecule has 1 amide bonds. The van der Waals surface area contributed by atoms with Crippen molar-refractivity contribution >= 4 is 22.7 Å². The summed E-state index contributed by atoms with van der Waals surface area (Å²) in [7, 11) is 0. The third kappa shape index (κ3) is 2.90. The normalized spacial score (nSPS) is 17.0. The van der Waals surface area contributed by atoms with Gasteiger partial charge in [-0.2, -0.15) is 0 Å². The van der Waals surface area contributed by atoms with Crippen molar-refractivity contribution in [2.45, 2.75) is 13.1 Å². The number of ether oxygens (including phenoxy) is 1. The van der Waals surface area contributed by atoms with E-state index in [0.29, 0.717) is 24.2 Å². The summed E-state index contributed by atoms with van der Waals surface area (Å²) in [6.07, 6.45) is 0. The zero-order valence-electron chi connectivity index (χ0n) is 14.7. The molecule has 2 aromatic carbocycles. The fourth-order valence-electron chi connectivity index (χ4n) is 3.82. The number of benzene rings is 2. The van der Waals surface area contributed by atoms with Gasteiger partial charge in [0.15, 0.2) is 5.58 Å². The molecule has 0 radical (unpaired) electrons. The fraction of sp³-hybridized carbons (Fsp3) is 0.300. The molecule has 27 heavy (non-hydrogen) atoms. The monoisotopic (exact) mass is 365 g/mol. The van der Waals surface area contributed by atoms with E-state index in [0.717, 1.165) is 48.7 Å². The Morgan fingerprint density at radius 1 is 1.04 bits per heavy atom. The summed E-state index contributed by atoms with van der Waals surface area (Å²) in [6, 6.07) is 11.6. The summed E-state index contributed by atoms with van der Waals surface area (Å²) in [4.78, 5) is 30.8. The molecule has 1 N–H and O–H groups in total. The number of carbonyl (C=O) groups excluding carboxylic acids is 1. The second-order valence-corrected chi connectivity index (χ2v) is 6.95. The molecule has 0 aliphatic carbocycles. The van der Waals surface area contributed by atoms with Crippen LogP contribution in [0.3, 0.4) is 0 Å². The molecule has 0 spiro atoms. The molecule has 2 aliphatic rings. The van der Waals surface area contributed by atoms with E-state index in [-0.39, 0.29) is 5.91 Å². The number of carbonyl (C=O) groups is 1. The molecule has 3 heterocycles. The smallest absolute Gasteiger partial charge is 0.408 e. The molecule has 7 nitrogen and oxygen atoms in total. The van der Waals surface area contributed by atoms with Gasteiger partial charge in [-0.15, -0.1) is 0 Å². The average molecular weight is 365 g/mol. The minimum atomic E-state index is -0.470. The Balaban J connectivity index is 1.37. The number of H-pyrrole nitrogens is 1. The molecule has 1 fully saturated rings. The number of nitrogens with one attached hydrogen (secondary N) is 1. The molecule has 0 bridgehead atoms. The zero-order valence-corrected chi connectivity index (χ0v) is 14.7. The maximum Gasteiger partial charge on any atom is 0.417 e. The van der Waals surface area contributed by atoms with Crippen LogP contribution < -0.4 is 10.7 Å². The first-order valence-corrected chi connectivity index (χ1v) is 9.04. The zero-order chi connectivity index (χ0) is 18.4. The van der Waals surface area contributed by atoms with Gasteiger partial charge in [0.25, 0.3) is 5.91 Å². The SMILES string of the molecule is O=C1c2ccc(N3CCOCC3)cc2CN1Cc1ccc2[nH]c(=O)oc2c1. The molecule has 2 aliphatic heterocycles. The topological polar surface area (TPSA) is 78.8 Å². The molecular weight excluding hydrogens is 346 g/mol. The summed E-state index contributed by atoms with van der Waals surface area (Å²) in [6.45, 7) is 4.28. The van der Waals surface area contributed by atoms with Crippen LogP contribution in [0.15, 0.2) is 45.6 Å². The summed E-state index contributed by atoms with van der Waals surface area (Å²) >= 11 is 0. The number of morpholine rings is 1. The number of fused-ring (bicyclic) bond motifs is 2. The summed E-state index contributed by atoms with van der Waals surface area (Å²) in [5.74, 6) is -0.434. The van der Waals surface area contributed by atoms with Gasteiger partial charge in [-0.25, -0.2) is 4.79 Å². The van der Waals surface area contributed by atoms with Gasteiger partial charge in [0.1, 0.15) is 0 Å². The lowest BCUT2D eigenvalue weighted by Gasteiger charge is -2.29. The molecule has 3 aromatic rings. The predicted molar refractivity (Wildman–Crippen MR) is 99.9 cm³/mol. The highest BCUT2D eigenvalue weighted by molar-refractivity contribution is 5.98. The Hall–Kier alpha value is -3.06.